The van der Waals surface area contributed by atoms with Crippen LogP contribution in [0.25, 0.3) is 0 Å². The van der Waals surface area contributed by atoms with E-state index in [0.29, 0.717) is 6.42 Å². The number of halogens is 2. The number of hydrogen-bond acceptors (Lipinski definition) is 2. The Bertz CT molecular complexity index is 386. The van der Waals surface area contributed by atoms with Gasteiger partial charge in [0.1, 0.15) is 4.99 Å². The van der Waals surface area contributed by atoms with Crippen LogP contribution in [0.2, 0.25) is 0 Å². The normalized spacial score (nSPS) is 12.2. The van der Waals surface area contributed by atoms with E-state index >= 15 is 0 Å². The first-order valence-electron chi connectivity index (χ1n) is 4.91. The van der Waals surface area contributed by atoms with Crippen molar-refractivity contribution in [1.29, 1.82) is 0 Å². The number of nitrogens with two attached hydrogens (primary N) is 1. The number of thiocarbonyl (C=S) groups is 1. The average molecular weight is 245 g/mol. The van der Waals surface area contributed by atoms with Crippen molar-refractivity contribution in [2.24, 2.45) is 5.73 Å². The summed E-state index contributed by atoms with van der Waals surface area (Å²) in [6.07, 6.45) is 0.412. The van der Waals surface area contributed by atoms with E-state index in [0.717, 1.165) is 12.1 Å². The first kappa shape index (κ1) is 12.8. The van der Waals surface area contributed by atoms with Crippen LogP contribution in [0.1, 0.15) is 25.8 Å². The second kappa shape index (κ2) is 5.21. The van der Waals surface area contributed by atoms with E-state index in [4.69, 9.17) is 10.5 Å². The van der Waals surface area contributed by atoms with Gasteiger partial charge in [-0.1, -0.05) is 19.1 Å². The molecule has 1 unspecified atom stereocenters. The summed E-state index contributed by atoms with van der Waals surface area (Å²) in [6.45, 7) is 3.60. The third-order valence-corrected chi connectivity index (χ3v) is 2.41. The van der Waals surface area contributed by atoms with Crippen LogP contribution >= 0.6 is 12.2 Å². The van der Waals surface area contributed by atoms with Crippen LogP contribution in [0.5, 0.6) is 5.75 Å². The zero-order chi connectivity index (χ0) is 12.3. The molecule has 0 aliphatic rings. The molecule has 0 spiro atoms. The predicted octanol–water partition coefficient (Wildman–Crippen LogP) is 2.78. The maximum atomic E-state index is 13.5. The molecule has 1 rings (SSSR count). The number of benzene rings is 1. The van der Waals surface area contributed by atoms with Crippen LogP contribution in [-0.4, -0.2) is 11.1 Å². The Morgan fingerprint density at radius 2 is 1.94 bits per heavy atom. The first-order valence-corrected chi connectivity index (χ1v) is 5.32. The molecule has 0 fully saturated rings. The largest absolute Gasteiger partial charge is 0.485 e. The fourth-order valence-electron chi connectivity index (χ4n) is 1.10. The fourth-order valence-corrected chi connectivity index (χ4v) is 1.22. The van der Waals surface area contributed by atoms with Gasteiger partial charge >= 0.3 is 0 Å². The molecule has 0 aliphatic heterocycles. The maximum Gasteiger partial charge on any atom is 0.191 e. The molecule has 1 aromatic carbocycles. The van der Waals surface area contributed by atoms with E-state index < -0.39 is 11.6 Å². The molecular formula is C11H13F2NOS. The summed E-state index contributed by atoms with van der Waals surface area (Å²) in [4.78, 5) is -0.0483. The summed E-state index contributed by atoms with van der Waals surface area (Å²) < 4.78 is 32.1. The third kappa shape index (κ3) is 2.88. The standard InChI is InChI=1S/C11H13F2NOS/c1-3-6(2)15-10-8(12)4-7(11(14)16)5-9(10)13/h4-6H,3H2,1-2H3,(H2,14,16). The van der Waals surface area contributed by atoms with Crippen molar-refractivity contribution in [2.45, 2.75) is 26.4 Å². The van der Waals surface area contributed by atoms with Gasteiger partial charge < -0.3 is 10.5 Å². The SMILES string of the molecule is CCC(C)Oc1c(F)cc(C(N)=S)cc1F. The van der Waals surface area contributed by atoms with E-state index in [1.54, 1.807) is 6.92 Å². The van der Waals surface area contributed by atoms with Gasteiger partial charge in [0.2, 0.25) is 0 Å². The molecule has 5 heteroatoms. The predicted molar refractivity (Wildman–Crippen MR) is 62.6 cm³/mol. The van der Waals surface area contributed by atoms with E-state index in [9.17, 15) is 8.78 Å². The van der Waals surface area contributed by atoms with Gasteiger partial charge in [-0.2, -0.15) is 0 Å². The Morgan fingerprint density at radius 3 is 2.31 bits per heavy atom. The molecule has 0 aromatic heterocycles. The van der Waals surface area contributed by atoms with Gasteiger partial charge in [-0.3, -0.25) is 0 Å². The molecule has 2 N–H and O–H groups in total. The van der Waals surface area contributed by atoms with Gasteiger partial charge in [-0.25, -0.2) is 8.78 Å². The van der Waals surface area contributed by atoms with E-state index in [2.05, 4.69) is 12.2 Å². The maximum absolute atomic E-state index is 13.5. The van der Waals surface area contributed by atoms with Gasteiger partial charge in [0.25, 0.3) is 0 Å². The second-order valence-electron chi connectivity index (χ2n) is 3.47. The second-order valence-corrected chi connectivity index (χ2v) is 3.91. The molecule has 2 nitrogen and oxygen atoms in total. The summed E-state index contributed by atoms with van der Waals surface area (Å²) in [5.41, 5.74) is 5.44. The van der Waals surface area contributed by atoms with Crippen LogP contribution in [-0.2, 0) is 0 Å². The minimum absolute atomic E-state index is 0.0483. The lowest BCUT2D eigenvalue weighted by molar-refractivity contribution is 0.197. The number of ether oxygens (including phenoxy) is 1. The van der Waals surface area contributed by atoms with E-state index in [1.165, 1.54) is 0 Å². The highest BCUT2D eigenvalue weighted by atomic mass is 32.1. The Morgan fingerprint density at radius 1 is 1.44 bits per heavy atom. The van der Waals surface area contributed by atoms with Gasteiger partial charge in [0.05, 0.1) is 6.10 Å². The summed E-state index contributed by atoms with van der Waals surface area (Å²) >= 11 is 4.64. The van der Waals surface area contributed by atoms with Gasteiger partial charge in [-0.05, 0) is 25.5 Å². The molecule has 0 aliphatic carbocycles. The summed E-state index contributed by atoms with van der Waals surface area (Å²) in [6, 6.07) is 2.15. The average Bonchev–Trinajstić information content (AvgIpc) is 2.22. The van der Waals surface area contributed by atoms with E-state index in [1.807, 2.05) is 6.92 Å². The molecule has 1 atom stereocenters. The summed E-state index contributed by atoms with van der Waals surface area (Å²) in [7, 11) is 0. The highest BCUT2D eigenvalue weighted by molar-refractivity contribution is 7.80. The zero-order valence-corrected chi connectivity index (χ0v) is 9.91. The van der Waals surface area contributed by atoms with Crippen molar-refractivity contribution in [2.75, 3.05) is 0 Å². The minimum atomic E-state index is -0.789. The molecule has 0 amide bonds. The third-order valence-electron chi connectivity index (χ3n) is 2.18. The van der Waals surface area contributed by atoms with Crippen molar-refractivity contribution in [3.05, 3.63) is 29.3 Å². The lowest BCUT2D eigenvalue weighted by atomic mass is 10.2. The number of rotatable bonds is 4. The van der Waals surface area contributed by atoms with Crippen LogP contribution in [0.3, 0.4) is 0 Å². The van der Waals surface area contributed by atoms with E-state index in [-0.39, 0.29) is 22.4 Å². The van der Waals surface area contributed by atoms with Crippen molar-refractivity contribution in [3.63, 3.8) is 0 Å². The minimum Gasteiger partial charge on any atom is -0.485 e. The lowest BCUT2D eigenvalue weighted by Crippen LogP contribution is -2.14. The smallest absolute Gasteiger partial charge is 0.191 e. The Kier molecular flexibility index (Phi) is 4.18. The Balaban J connectivity index is 3.07. The lowest BCUT2D eigenvalue weighted by Gasteiger charge is -2.14. The van der Waals surface area contributed by atoms with Crippen LogP contribution < -0.4 is 10.5 Å². The molecular weight excluding hydrogens is 232 g/mol. The highest BCUT2D eigenvalue weighted by Crippen LogP contribution is 2.24. The van der Waals surface area contributed by atoms with Gasteiger partial charge in [0.15, 0.2) is 17.4 Å². The topological polar surface area (TPSA) is 35.2 Å². The van der Waals surface area contributed by atoms with Gasteiger partial charge in [-0.15, -0.1) is 0 Å². The molecule has 0 radical (unpaired) electrons. The molecule has 0 heterocycles. The van der Waals surface area contributed by atoms with Crippen molar-refractivity contribution in [1.82, 2.24) is 0 Å². The molecule has 1 aromatic rings. The van der Waals surface area contributed by atoms with Crippen molar-refractivity contribution < 1.29 is 13.5 Å². The summed E-state index contributed by atoms with van der Waals surface area (Å²) in [5, 5.41) is 0. The molecule has 0 bridgehead atoms. The first-order chi connectivity index (χ1) is 7.45. The molecule has 88 valence electrons. The quantitative estimate of drug-likeness (QED) is 0.828. The van der Waals surface area contributed by atoms with Crippen LogP contribution in [0.4, 0.5) is 8.78 Å². The van der Waals surface area contributed by atoms with Crippen LogP contribution in [0.15, 0.2) is 12.1 Å². The Hall–Kier alpha value is -1.23. The Labute approximate surface area is 98.4 Å². The fraction of sp³-hybridized carbons (Fsp3) is 0.364. The highest BCUT2D eigenvalue weighted by Gasteiger charge is 2.15. The molecule has 16 heavy (non-hydrogen) atoms. The zero-order valence-electron chi connectivity index (χ0n) is 9.09. The summed E-state index contributed by atoms with van der Waals surface area (Å²) in [5.74, 6) is -1.96. The van der Waals surface area contributed by atoms with Crippen molar-refractivity contribution >= 4 is 17.2 Å². The van der Waals surface area contributed by atoms with Gasteiger partial charge in [0, 0.05) is 5.56 Å². The monoisotopic (exact) mass is 245 g/mol. The van der Waals surface area contributed by atoms with Crippen LogP contribution in [0, 0.1) is 11.6 Å². The molecule has 0 saturated heterocycles. The van der Waals surface area contributed by atoms with Crippen molar-refractivity contribution in [3.8, 4) is 5.75 Å². The number of hydrogen-bond donors (Lipinski definition) is 1. The molecule has 0 saturated carbocycles.